The van der Waals surface area contributed by atoms with E-state index in [9.17, 15) is 9.50 Å². The fourth-order valence-corrected chi connectivity index (χ4v) is 5.05. The normalized spacial score (nSPS) is 28.1. The van der Waals surface area contributed by atoms with E-state index in [1.54, 1.807) is 18.6 Å². The van der Waals surface area contributed by atoms with E-state index in [4.69, 9.17) is 0 Å². The molecule has 0 amide bonds. The Labute approximate surface area is 165 Å². The van der Waals surface area contributed by atoms with Crippen molar-refractivity contribution in [1.82, 2.24) is 25.1 Å². The van der Waals surface area contributed by atoms with Crippen LogP contribution in [0.2, 0.25) is 0 Å². The van der Waals surface area contributed by atoms with E-state index in [-0.39, 0.29) is 17.3 Å². The maximum absolute atomic E-state index is 14.7. The number of nitrogens with one attached hydrogen (secondary N) is 1. The number of phenols is 1. The Morgan fingerprint density at radius 3 is 3.07 bits per heavy atom. The minimum Gasteiger partial charge on any atom is -0.507 e. The zero-order chi connectivity index (χ0) is 19.3. The number of benzene rings is 1. The van der Waals surface area contributed by atoms with Gasteiger partial charge in [0, 0.05) is 30.0 Å². The number of hydrogen-bond donors (Lipinski definition) is 2. The molecular weight excluding hydrogens is 377 g/mol. The van der Waals surface area contributed by atoms with Crippen molar-refractivity contribution in [3.63, 3.8) is 0 Å². The van der Waals surface area contributed by atoms with Gasteiger partial charge in [-0.15, -0.1) is 10.2 Å². The van der Waals surface area contributed by atoms with Crippen LogP contribution in [0.4, 0.5) is 4.39 Å². The zero-order valence-electron chi connectivity index (χ0n) is 15.3. The SMILES string of the molecule is C[C@@]12CC[C@@H](N1)[C@@H](F)/C(=C\c1nnc(-c3ccc(-n4ccnc4)cc3O)s1)C2. The molecule has 2 aromatic heterocycles. The van der Waals surface area contributed by atoms with E-state index >= 15 is 0 Å². The number of hydrogen-bond acceptors (Lipinski definition) is 6. The average molecular weight is 397 g/mol. The summed E-state index contributed by atoms with van der Waals surface area (Å²) in [6.07, 6.45) is 8.56. The van der Waals surface area contributed by atoms with Crippen LogP contribution < -0.4 is 5.32 Å². The molecule has 2 N–H and O–H groups in total. The van der Waals surface area contributed by atoms with Crippen molar-refractivity contribution in [2.75, 3.05) is 0 Å². The molecule has 0 saturated carbocycles. The highest BCUT2D eigenvalue weighted by atomic mass is 32.1. The van der Waals surface area contributed by atoms with E-state index in [2.05, 4.69) is 27.4 Å². The van der Waals surface area contributed by atoms with Crippen LogP contribution in [0, 0.1) is 0 Å². The van der Waals surface area contributed by atoms with Gasteiger partial charge >= 0.3 is 0 Å². The lowest BCUT2D eigenvalue weighted by Crippen LogP contribution is -2.50. The van der Waals surface area contributed by atoms with Gasteiger partial charge < -0.3 is 15.0 Å². The zero-order valence-corrected chi connectivity index (χ0v) is 16.2. The van der Waals surface area contributed by atoms with Crippen LogP contribution in [0.3, 0.4) is 0 Å². The van der Waals surface area contributed by atoms with Gasteiger partial charge in [-0.05, 0) is 50.0 Å². The first-order valence-corrected chi connectivity index (χ1v) is 10.1. The molecule has 2 aliphatic rings. The summed E-state index contributed by atoms with van der Waals surface area (Å²) in [5.41, 5.74) is 2.18. The predicted molar refractivity (Wildman–Crippen MR) is 106 cm³/mol. The molecule has 2 bridgehead atoms. The van der Waals surface area contributed by atoms with Gasteiger partial charge in [-0.25, -0.2) is 9.37 Å². The lowest BCUT2D eigenvalue weighted by molar-refractivity contribution is 0.234. The third-order valence-corrected chi connectivity index (χ3v) is 6.51. The topological polar surface area (TPSA) is 75.9 Å². The molecule has 8 heteroatoms. The molecule has 0 radical (unpaired) electrons. The average Bonchev–Trinajstić information content (AvgIpc) is 3.40. The largest absolute Gasteiger partial charge is 0.507 e. The predicted octanol–water partition coefficient (Wildman–Crippen LogP) is 3.73. The molecule has 3 atom stereocenters. The second-order valence-corrected chi connectivity index (χ2v) is 8.77. The van der Waals surface area contributed by atoms with Crippen LogP contribution in [0.1, 0.15) is 31.2 Å². The standard InChI is InChI=1S/C20H20FN5OS/c1-20-5-4-15(23-20)18(21)12(10-20)8-17-24-25-19(28-17)14-3-2-13(9-16(14)27)26-7-6-22-11-26/h2-3,6-9,11,15,18,23,27H,4-5,10H2,1H3/b12-8-/t15-,18+,20+/m1/s1. The van der Waals surface area contributed by atoms with Crippen molar-refractivity contribution < 1.29 is 9.50 Å². The molecule has 5 rings (SSSR count). The van der Waals surface area contributed by atoms with E-state index in [0.29, 0.717) is 22.0 Å². The molecule has 144 valence electrons. The number of halogens is 1. The van der Waals surface area contributed by atoms with Crippen LogP contribution >= 0.6 is 11.3 Å². The minimum atomic E-state index is -0.981. The second kappa shape index (κ2) is 6.49. The van der Waals surface area contributed by atoms with E-state index in [1.165, 1.54) is 11.3 Å². The Kier molecular flexibility index (Phi) is 4.06. The van der Waals surface area contributed by atoms with Gasteiger partial charge in [-0.2, -0.15) is 0 Å². The van der Waals surface area contributed by atoms with Gasteiger partial charge in [0.1, 0.15) is 16.9 Å². The molecule has 0 aliphatic carbocycles. The third-order valence-electron chi connectivity index (χ3n) is 5.61. The molecule has 4 heterocycles. The molecule has 2 aliphatic heterocycles. The van der Waals surface area contributed by atoms with Gasteiger partial charge in [0.05, 0.1) is 17.6 Å². The molecule has 3 aromatic rings. The van der Waals surface area contributed by atoms with E-state index < -0.39 is 6.17 Å². The third kappa shape index (κ3) is 3.02. The number of aromatic hydroxyl groups is 1. The van der Waals surface area contributed by atoms with Crippen LogP contribution in [0.5, 0.6) is 5.75 Å². The van der Waals surface area contributed by atoms with E-state index in [0.717, 1.165) is 24.1 Å². The Morgan fingerprint density at radius 1 is 1.39 bits per heavy atom. The highest BCUT2D eigenvalue weighted by Gasteiger charge is 2.45. The van der Waals surface area contributed by atoms with Gasteiger partial charge in [0.15, 0.2) is 5.01 Å². The lowest BCUT2D eigenvalue weighted by Gasteiger charge is -2.35. The number of rotatable bonds is 3. The van der Waals surface area contributed by atoms with Crippen molar-refractivity contribution in [2.45, 2.75) is 43.9 Å². The summed E-state index contributed by atoms with van der Waals surface area (Å²) in [6.45, 7) is 2.15. The molecular formula is C20H20FN5OS. The van der Waals surface area contributed by atoms with Crippen LogP contribution in [-0.4, -0.2) is 42.6 Å². The van der Waals surface area contributed by atoms with Crippen molar-refractivity contribution in [3.05, 3.63) is 47.5 Å². The first-order chi connectivity index (χ1) is 13.5. The van der Waals surface area contributed by atoms with Crippen molar-refractivity contribution >= 4 is 17.4 Å². The smallest absolute Gasteiger partial charge is 0.151 e. The summed E-state index contributed by atoms with van der Waals surface area (Å²) >= 11 is 1.36. The number of aromatic nitrogens is 4. The molecule has 0 unspecified atom stereocenters. The number of fused-ring (bicyclic) bond motifs is 2. The van der Waals surface area contributed by atoms with Crippen molar-refractivity contribution in [3.8, 4) is 22.0 Å². The number of phenolic OH excluding ortho intramolecular Hbond substituents is 1. The first kappa shape index (κ1) is 17.5. The van der Waals surface area contributed by atoms with Gasteiger partial charge in [0.2, 0.25) is 0 Å². The summed E-state index contributed by atoms with van der Waals surface area (Å²) in [6, 6.07) is 5.27. The summed E-state index contributed by atoms with van der Waals surface area (Å²) in [4.78, 5) is 4.01. The Morgan fingerprint density at radius 2 is 2.29 bits per heavy atom. The molecule has 6 nitrogen and oxygen atoms in total. The van der Waals surface area contributed by atoms with Crippen molar-refractivity contribution in [2.24, 2.45) is 0 Å². The number of alkyl halides is 1. The first-order valence-electron chi connectivity index (χ1n) is 9.28. The number of nitrogens with zero attached hydrogens (tertiary/aromatic N) is 4. The Bertz CT molecular complexity index is 1050. The van der Waals surface area contributed by atoms with E-state index in [1.807, 2.05) is 29.0 Å². The van der Waals surface area contributed by atoms with Crippen LogP contribution in [0.25, 0.3) is 22.3 Å². The van der Waals surface area contributed by atoms with Gasteiger partial charge in [-0.3, -0.25) is 0 Å². The molecule has 2 fully saturated rings. The fourth-order valence-electron chi connectivity index (χ4n) is 4.20. The van der Waals surface area contributed by atoms with Gasteiger partial charge in [-0.1, -0.05) is 11.3 Å². The summed E-state index contributed by atoms with van der Waals surface area (Å²) < 4.78 is 16.6. The molecule has 2 saturated heterocycles. The van der Waals surface area contributed by atoms with Crippen molar-refractivity contribution in [1.29, 1.82) is 0 Å². The van der Waals surface area contributed by atoms with Gasteiger partial charge in [0.25, 0.3) is 0 Å². The summed E-state index contributed by atoms with van der Waals surface area (Å²) in [7, 11) is 0. The maximum Gasteiger partial charge on any atom is 0.151 e. The number of imidazole rings is 1. The molecule has 28 heavy (non-hydrogen) atoms. The fraction of sp³-hybridized carbons (Fsp3) is 0.350. The number of piperidine rings is 1. The Hall–Kier alpha value is -2.58. The maximum atomic E-state index is 14.7. The lowest BCUT2D eigenvalue weighted by atomic mass is 9.88. The monoisotopic (exact) mass is 397 g/mol. The minimum absolute atomic E-state index is 0.0198. The highest BCUT2D eigenvalue weighted by molar-refractivity contribution is 7.15. The second-order valence-electron chi connectivity index (χ2n) is 7.76. The highest BCUT2D eigenvalue weighted by Crippen LogP contribution is 2.41. The molecule has 0 spiro atoms. The van der Waals surface area contributed by atoms with Crippen LogP contribution in [0.15, 0.2) is 42.5 Å². The Balaban J connectivity index is 1.42. The summed E-state index contributed by atoms with van der Waals surface area (Å²) in [5, 5.41) is 23.5. The quantitative estimate of drug-likeness (QED) is 0.704. The summed E-state index contributed by atoms with van der Waals surface area (Å²) in [5.74, 6) is 0.123. The van der Waals surface area contributed by atoms with Crippen LogP contribution in [-0.2, 0) is 0 Å². The molecule has 1 aromatic carbocycles.